The van der Waals surface area contributed by atoms with Crippen LogP contribution in [0.4, 0.5) is 5.69 Å². The van der Waals surface area contributed by atoms with Gasteiger partial charge in [-0.3, -0.25) is 19.8 Å². The summed E-state index contributed by atoms with van der Waals surface area (Å²) < 4.78 is 5.79. The molecule has 3 aromatic rings. The fourth-order valence-electron chi connectivity index (χ4n) is 2.96. The molecule has 0 radical (unpaired) electrons. The number of hydrogen-bond acceptors (Lipinski definition) is 4. The lowest BCUT2D eigenvalue weighted by molar-refractivity contribution is -0.122. The van der Waals surface area contributed by atoms with Crippen molar-refractivity contribution in [3.8, 4) is 11.3 Å². The summed E-state index contributed by atoms with van der Waals surface area (Å²) >= 11 is 17.2. The van der Waals surface area contributed by atoms with Gasteiger partial charge in [0.2, 0.25) is 0 Å². The van der Waals surface area contributed by atoms with E-state index in [1.54, 1.807) is 42.5 Å². The lowest BCUT2D eigenvalue weighted by Gasteiger charge is -2.28. The first-order valence-electron chi connectivity index (χ1n) is 8.87. The van der Waals surface area contributed by atoms with Crippen LogP contribution in [0.25, 0.3) is 17.4 Å². The number of nitrogens with zero attached hydrogens (tertiary/aromatic N) is 1. The predicted octanol–water partition coefficient (Wildman–Crippen LogP) is 5.39. The summed E-state index contributed by atoms with van der Waals surface area (Å²) in [6, 6.07) is 15.7. The molecule has 8 heteroatoms. The van der Waals surface area contributed by atoms with Crippen molar-refractivity contribution >= 4 is 64.1 Å². The second-order valence-electron chi connectivity index (χ2n) is 6.62. The standard InChI is InChI=1S/C22H14Cl2N2O3S/c1-12-2-5-14(6-3-12)26-21(28)16(20(27)25-22(26)30)11-15-7-9-19(29-15)13-4-8-17(23)18(24)10-13/h2-11H,1H3,(H,25,27,30)/b16-11-. The molecule has 2 heterocycles. The zero-order valence-corrected chi connectivity index (χ0v) is 17.9. The summed E-state index contributed by atoms with van der Waals surface area (Å²) in [7, 11) is 0. The number of aryl methyl sites for hydroxylation is 1. The molecule has 5 nitrogen and oxygen atoms in total. The van der Waals surface area contributed by atoms with Crippen molar-refractivity contribution in [2.45, 2.75) is 6.92 Å². The summed E-state index contributed by atoms with van der Waals surface area (Å²) in [6.07, 6.45) is 1.39. The third-order valence-corrected chi connectivity index (χ3v) is 5.54. The topological polar surface area (TPSA) is 62.6 Å². The van der Waals surface area contributed by atoms with Crippen molar-refractivity contribution < 1.29 is 14.0 Å². The van der Waals surface area contributed by atoms with Crippen molar-refractivity contribution in [3.05, 3.63) is 81.5 Å². The number of furan rings is 1. The number of halogens is 2. The summed E-state index contributed by atoms with van der Waals surface area (Å²) in [5.74, 6) is -0.248. The van der Waals surface area contributed by atoms with E-state index in [2.05, 4.69) is 5.32 Å². The van der Waals surface area contributed by atoms with Crippen molar-refractivity contribution in [2.75, 3.05) is 4.90 Å². The van der Waals surface area contributed by atoms with Crippen LogP contribution in [0.1, 0.15) is 11.3 Å². The molecule has 0 spiro atoms. The average Bonchev–Trinajstić information content (AvgIpc) is 3.17. The molecule has 0 saturated carbocycles. The van der Waals surface area contributed by atoms with Gasteiger partial charge in [0.05, 0.1) is 15.7 Å². The number of nitrogens with one attached hydrogen (secondary N) is 1. The average molecular weight is 457 g/mol. The predicted molar refractivity (Wildman–Crippen MR) is 122 cm³/mol. The first-order chi connectivity index (χ1) is 14.3. The number of thiocarbonyl (C=S) groups is 1. The van der Waals surface area contributed by atoms with E-state index in [9.17, 15) is 9.59 Å². The number of carbonyl (C=O) groups excluding carboxylic acids is 2. The Kier molecular flexibility index (Phi) is 5.47. The number of carbonyl (C=O) groups is 2. The highest BCUT2D eigenvalue weighted by molar-refractivity contribution is 7.80. The summed E-state index contributed by atoms with van der Waals surface area (Å²) in [6.45, 7) is 1.94. The highest BCUT2D eigenvalue weighted by Gasteiger charge is 2.34. The van der Waals surface area contributed by atoms with Gasteiger partial charge in [0.15, 0.2) is 5.11 Å². The van der Waals surface area contributed by atoms with Crippen LogP contribution in [0.15, 0.2) is 64.6 Å². The van der Waals surface area contributed by atoms with E-state index in [1.807, 2.05) is 19.1 Å². The Balaban J connectivity index is 1.67. The molecule has 1 saturated heterocycles. The van der Waals surface area contributed by atoms with Gasteiger partial charge in [-0.05, 0) is 67.7 Å². The van der Waals surface area contributed by atoms with Crippen molar-refractivity contribution in [1.29, 1.82) is 0 Å². The Bertz CT molecular complexity index is 1220. The first kappa shape index (κ1) is 20.3. The largest absolute Gasteiger partial charge is 0.457 e. The maximum absolute atomic E-state index is 13.0. The smallest absolute Gasteiger partial charge is 0.270 e. The summed E-state index contributed by atoms with van der Waals surface area (Å²) in [5.41, 5.74) is 2.24. The normalized spacial score (nSPS) is 15.6. The minimum atomic E-state index is -0.583. The SMILES string of the molecule is Cc1ccc(N2C(=O)/C(=C\c3ccc(-c4ccc(Cl)c(Cl)c4)o3)C(=O)NC2=S)cc1. The Morgan fingerprint density at radius 2 is 1.73 bits per heavy atom. The van der Waals surface area contributed by atoms with E-state index in [0.717, 1.165) is 11.1 Å². The van der Waals surface area contributed by atoms with Crippen LogP contribution in [-0.4, -0.2) is 16.9 Å². The lowest BCUT2D eigenvalue weighted by atomic mass is 10.1. The molecule has 0 aliphatic carbocycles. The Hall–Kier alpha value is -2.93. The van der Waals surface area contributed by atoms with Crippen molar-refractivity contribution in [2.24, 2.45) is 0 Å². The maximum atomic E-state index is 13.0. The monoisotopic (exact) mass is 456 g/mol. The molecular formula is C22H14Cl2N2O3S. The van der Waals surface area contributed by atoms with E-state index in [-0.39, 0.29) is 10.7 Å². The molecule has 4 rings (SSSR count). The van der Waals surface area contributed by atoms with Crippen molar-refractivity contribution in [1.82, 2.24) is 5.32 Å². The van der Waals surface area contributed by atoms with Gasteiger partial charge in [-0.1, -0.05) is 40.9 Å². The van der Waals surface area contributed by atoms with Crippen LogP contribution in [0.2, 0.25) is 10.0 Å². The van der Waals surface area contributed by atoms with Gasteiger partial charge in [-0.15, -0.1) is 0 Å². The molecule has 1 N–H and O–H groups in total. The zero-order valence-electron chi connectivity index (χ0n) is 15.6. The first-order valence-corrected chi connectivity index (χ1v) is 10.0. The molecule has 1 aromatic heterocycles. The van der Waals surface area contributed by atoms with Gasteiger partial charge < -0.3 is 4.42 Å². The third kappa shape index (κ3) is 3.89. The second kappa shape index (κ2) is 8.07. The minimum Gasteiger partial charge on any atom is -0.457 e. The Morgan fingerprint density at radius 1 is 1.00 bits per heavy atom. The highest BCUT2D eigenvalue weighted by Crippen LogP contribution is 2.30. The van der Waals surface area contributed by atoms with Gasteiger partial charge in [0.1, 0.15) is 17.1 Å². The molecule has 0 bridgehead atoms. The van der Waals surface area contributed by atoms with Crippen LogP contribution in [0.3, 0.4) is 0 Å². The number of anilines is 1. The molecule has 1 aliphatic heterocycles. The summed E-state index contributed by atoms with van der Waals surface area (Å²) in [4.78, 5) is 26.7. The number of hydrogen-bond donors (Lipinski definition) is 1. The molecule has 1 aliphatic rings. The molecule has 2 amide bonds. The fourth-order valence-corrected chi connectivity index (χ4v) is 3.54. The lowest BCUT2D eigenvalue weighted by Crippen LogP contribution is -2.54. The van der Waals surface area contributed by atoms with Gasteiger partial charge >= 0.3 is 0 Å². The second-order valence-corrected chi connectivity index (χ2v) is 7.83. The van der Waals surface area contributed by atoms with E-state index >= 15 is 0 Å². The Labute approximate surface area is 187 Å². The number of benzene rings is 2. The molecule has 2 aromatic carbocycles. The highest BCUT2D eigenvalue weighted by atomic mass is 35.5. The Morgan fingerprint density at radius 3 is 2.43 bits per heavy atom. The van der Waals surface area contributed by atoms with E-state index in [1.165, 1.54) is 11.0 Å². The summed E-state index contributed by atoms with van der Waals surface area (Å²) in [5, 5.41) is 3.41. The van der Waals surface area contributed by atoms with Crippen LogP contribution < -0.4 is 10.2 Å². The van der Waals surface area contributed by atoms with E-state index in [4.69, 9.17) is 39.8 Å². The van der Waals surface area contributed by atoms with Gasteiger partial charge in [0.25, 0.3) is 11.8 Å². The van der Waals surface area contributed by atoms with Gasteiger partial charge in [0, 0.05) is 5.56 Å². The van der Waals surface area contributed by atoms with E-state index < -0.39 is 11.8 Å². The number of rotatable bonds is 3. The van der Waals surface area contributed by atoms with Crippen LogP contribution in [0, 0.1) is 6.92 Å². The molecule has 30 heavy (non-hydrogen) atoms. The van der Waals surface area contributed by atoms with Gasteiger partial charge in [-0.2, -0.15) is 0 Å². The zero-order chi connectivity index (χ0) is 21.4. The van der Waals surface area contributed by atoms with Crippen LogP contribution in [-0.2, 0) is 9.59 Å². The molecular weight excluding hydrogens is 443 g/mol. The maximum Gasteiger partial charge on any atom is 0.270 e. The molecule has 0 unspecified atom stereocenters. The molecule has 150 valence electrons. The van der Waals surface area contributed by atoms with Crippen molar-refractivity contribution in [3.63, 3.8) is 0 Å². The van der Waals surface area contributed by atoms with Crippen LogP contribution in [0.5, 0.6) is 0 Å². The minimum absolute atomic E-state index is 0.0296. The number of amides is 2. The quantitative estimate of drug-likeness (QED) is 0.325. The fraction of sp³-hybridized carbons (Fsp3) is 0.0455. The van der Waals surface area contributed by atoms with E-state index in [0.29, 0.717) is 27.3 Å². The third-order valence-electron chi connectivity index (χ3n) is 4.51. The van der Waals surface area contributed by atoms with Gasteiger partial charge in [-0.25, -0.2) is 0 Å². The molecule has 1 fully saturated rings. The molecule has 0 atom stereocenters. The van der Waals surface area contributed by atoms with Crippen LogP contribution >= 0.6 is 35.4 Å².